The van der Waals surface area contributed by atoms with E-state index >= 15 is 0 Å². The Morgan fingerprint density at radius 2 is 1.71 bits per heavy atom. The Kier molecular flexibility index (Phi) is 4.54. The van der Waals surface area contributed by atoms with E-state index in [0.717, 1.165) is 19.3 Å². The van der Waals surface area contributed by atoms with Gasteiger partial charge in [0.05, 0.1) is 6.54 Å². The van der Waals surface area contributed by atoms with Crippen LogP contribution in [0.15, 0.2) is 0 Å². The third-order valence-corrected chi connectivity index (χ3v) is 4.17. The van der Waals surface area contributed by atoms with Gasteiger partial charge in [0, 0.05) is 5.54 Å². The molecule has 1 heterocycles. The van der Waals surface area contributed by atoms with Crippen LogP contribution in [0.3, 0.4) is 0 Å². The monoisotopic (exact) mass is 240 g/mol. The van der Waals surface area contributed by atoms with E-state index in [1.165, 1.54) is 0 Å². The highest BCUT2D eigenvalue weighted by Crippen LogP contribution is 2.32. The summed E-state index contributed by atoms with van der Waals surface area (Å²) in [6, 6.07) is -0.295. The second kappa shape index (κ2) is 5.52. The maximum atomic E-state index is 12.1. The van der Waals surface area contributed by atoms with E-state index in [-0.39, 0.29) is 29.9 Å². The lowest BCUT2D eigenvalue weighted by atomic mass is 9.85. The standard InChI is InChI=1S/C13H24N2O2/c1-5-10-12(17)14-9-11(16)15(10)13(6-2,7-3)8-4/h10H,5-9H2,1-4H3,(H,14,17). The van der Waals surface area contributed by atoms with Crippen LogP contribution in [-0.4, -0.2) is 34.8 Å². The highest BCUT2D eigenvalue weighted by Gasteiger charge is 2.44. The molecule has 17 heavy (non-hydrogen) atoms. The van der Waals surface area contributed by atoms with Crippen molar-refractivity contribution in [2.45, 2.75) is 65.0 Å². The molecule has 4 heteroatoms. The lowest BCUT2D eigenvalue weighted by Gasteiger charge is -2.48. The van der Waals surface area contributed by atoms with Crippen LogP contribution in [0.4, 0.5) is 0 Å². The number of rotatable bonds is 5. The molecule has 98 valence electrons. The first-order valence-electron chi connectivity index (χ1n) is 6.66. The molecule has 0 saturated carbocycles. The molecule has 1 aliphatic heterocycles. The van der Waals surface area contributed by atoms with Crippen molar-refractivity contribution in [3.63, 3.8) is 0 Å². The Labute approximate surface area is 104 Å². The quantitative estimate of drug-likeness (QED) is 0.795. The molecule has 0 spiro atoms. The van der Waals surface area contributed by atoms with E-state index in [4.69, 9.17) is 0 Å². The first-order chi connectivity index (χ1) is 8.06. The molecule has 0 radical (unpaired) electrons. The number of nitrogens with zero attached hydrogens (tertiary/aromatic N) is 1. The average Bonchev–Trinajstić information content (AvgIpc) is 2.36. The predicted octanol–water partition coefficient (Wildman–Crippen LogP) is 1.69. The molecule has 1 aliphatic rings. The topological polar surface area (TPSA) is 49.4 Å². The number of hydrogen-bond acceptors (Lipinski definition) is 2. The summed E-state index contributed by atoms with van der Waals surface area (Å²) in [5, 5.41) is 2.68. The Morgan fingerprint density at radius 3 is 2.12 bits per heavy atom. The predicted molar refractivity (Wildman–Crippen MR) is 67.5 cm³/mol. The van der Waals surface area contributed by atoms with Crippen molar-refractivity contribution < 1.29 is 9.59 Å². The van der Waals surface area contributed by atoms with Gasteiger partial charge in [0.15, 0.2) is 0 Å². The fourth-order valence-corrected chi connectivity index (χ4v) is 2.88. The molecule has 0 aromatic heterocycles. The van der Waals surface area contributed by atoms with E-state index in [0.29, 0.717) is 6.42 Å². The van der Waals surface area contributed by atoms with Crippen LogP contribution in [0.1, 0.15) is 53.4 Å². The Morgan fingerprint density at radius 1 is 1.18 bits per heavy atom. The van der Waals surface area contributed by atoms with Gasteiger partial charge in [0.25, 0.3) is 0 Å². The number of piperazine rings is 1. The van der Waals surface area contributed by atoms with E-state index in [2.05, 4.69) is 26.1 Å². The zero-order chi connectivity index (χ0) is 13.1. The summed E-state index contributed by atoms with van der Waals surface area (Å²) in [6.45, 7) is 8.40. The van der Waals surface area contributed by atoms with Crippen molar-refractivity contribution >= 4 is 11.8 Å². The second-order valence-electron chi connectivity index (χ2n) is 4.69. The summed E-state index contributed by atoms with van der Waals surface area (Å²) in [7, 11) is 0. The molecular formula is C13H24N2O2. The summed E-state index contributed by atoms with van der Waals surface area (Å²) in [5.74, 6) is 0.0498. The normalized spacial score (nSPS) is 21.6. The van der Waals surface area contributed by atoms with Gasteiger partial charge < -0.3 is 10.2 Å². The van der Waals surface area contributed by atoms with Gasteiger partial charge in [-0.05, 0) is 25.7 Å². The van der Waals surface area contributed by atoms with Gasteiger partial charge in [0.2, 0.25) is 11.8 Å². The Bertz CT molecular complexity index is 290. The van der Waals surface area contributed by atoms with Crippen molar-refractivity contribution in [3.8, 4) is 0 Å². The summed E-state index contributed by atoms with van der Waals surface area (Å²) < 4.78 is 0. The SMILES string of the molecule is CCC1C(=O)NCC(=O)N1C(CC)(CC)CC. The number of amides is 2. The molecule has 0 aliphatic carbocycles. The number of hydrogen-bond donors (Lipinski definition) is 1. The third-order valence-electron chi connectivity index (χ3n) is 4.17. The molecule has 1 atom stereocenters. The molecule has 1 unspecified atom stereocenters. The summed E-state index contributed by atoms with van der Waals surface area (Å²) in [5.41, 5.74) is -0.157. The molecule has 1 saturated heterocycles. The van der Waals surface area contributed by atoms with Crippen LogP contribution in [0.25, 0.3) is 0 Å². The molecule has 1 N–H and O–H groups in total. The fourth-order valence-electron chi connectivity index (χ4n) is 2.88. The first-order valence-corrected chi connectivity index (χ1v) is 6.66. The van der Waals surface area contributed by atoms with Crippen LogP contribution < -0.4 is 5.32 Å². The van der Waals surface area contributed by atoms with Gasteiger partial charge in [-0.2, -0.15) is 0 Å². The Balaban J connectivity index is 3.11. The van der Waals surface area contributed by atoms with Crippen LogP contribution in [0, 0.1) is 0 Å². The number of carbonyl (C=O) groups is 2. The van der Waals surface area contributed by atoms with Gasteiger partial charge in [-0.25, -0.2) is 0 Å². The Hall–Kier alpha value is -1.06. The number of carbonyl (C=O) groups excluding carboxylic acids is 2. The van der Waals surface area contributed by atoms with Crippen LogP contribution in [0.5, 0.6) is 0 Å². The van der Waals surface area contributed by atoms with Crippen LogP contribution in [-0.2, 0) is 9.59 Å². The maximum Gasteiger partial charge on any atom is 0.243 e. The second-order valence-corrected chi connectivity index (χ2v) is 4.69. The van der Waals surface area contributed by atoms with E-state index < -0.39 is 0 Å². The minimum atomic E-state index is -0.295. The van der Waals surface area contributed by atoms with Gasteiger partial charge in [-0.15, -0.1) is 0 Å². The molecule has 0 aromatic carbocycles. The molecule has 2 amide bonds. The highest BCUT2D eigenvalue weighted by atomic mass is 16.2. The van der Waals surface area contributed by atoms with Gasteiger partial charge >= 0.3 is 0 Å². The molecule has 1 fully saturated rings. The lowest BCUT2D eigenvalue weighted by Crippen LogP contribution is -2.65. The molecule has 1 rings (SSSR count). The smallest absolute Gasteiger partial charge is 0.243 e. The maximum absolute atomic E-state index is 12.1. The van der Waals surface area contributed by atoms with Crippen LogP contribution >= 0.6 is 0 Å². The van der Waals surface area contributed by atoms with Crippen molar-refractivity contribution in [1.29, 1.82) is 0 Å². The van der Waals surface area contributed by atoms with Crippen molar-refractivity contribution in [1.82, 2.24) is 10.2 Å². The fraction of sp³-hybridized carbons (Fsp3) is 0.846. The summed E-state index contributed by atoms with van der Waals surface area (Å²) in [6.07, 6.45) is 3.37. The molecule has 0 bridgehead atoms. The molecule has 4 nitrogen and oxygen atoms in total. The van der Waals surface area contributed by atoms with Crippen molar-refractivity contribution in [2.75, 3.05) is 6.54 Å². The molecular weight excluding hydrogens is 216 g/mol. The third kappa shape index (κ3) is 2.31. The van der Waals surface area contributed by atoms with Gasteiger partial charge in [0.1, 0.15) is 6.04 Å². The summed E-state index contributed by atoms with van der Waals surface area (Å²) in [4.78, 5) is 25.9. The zero-order valence-electron chi connectivity index (χ0n) is 11.4. The van der Waals surface area contributed by atoms with Crippen molar-refractivity contribution in [3.05, 3.63) is 0 Å². The van der Waals surface area contributed by atoms with Crippen molar-refractivity contribution in [2.24, 2.45) is 0 Å². The van der Waals surface area contributed by atoms with Gasteiger partial charge in [-0.3, -0.25) is 9.59 Å². The zero-order valence-corrected chi connectivity index (χ0v) is 11.4. The highest BCUT2D eigenvalue weighted by molar-refractivity contribution is 5.95. The van der Waals surface area contributed by atoms with E-state index in [9.17, 15) is 9.59 Å². The molecule has 0 aromatic rings. The summed E-state index contributed by atoms with van der Waals surface area (Å²) >= 11 is 0. The van der Waals surface area contributed by atoms with E-state index in [1.807, 2.05) is 11.8 Å². The van der Waals surface area contributed by atoms with Gasteiger partial charge in [-0.1, -0.05) is 27.7 Å². The lowest BCUT2D eigenvalue weighted by molar-refractivity contribution is -0.154. The van der Waals surface area contributed by atoms with E-state index in [1.54, 1.807) is 0 Å². The number of nitrogens with one attached hydrogen (secondary N) is 1. The first kappa shape index (κ1) is 14.0. The minimum absolute atomic E-state index is 0.00757. The average molecular weight is 240 g/mol. The van der Waals surface area contributed by atoms with Crippen LogP contribution in [0.2, 0.25) is 0 Å². The largest absolute Gasteiger partial charge is 0.345 e. The minimum Gasteiger partial charge on any atom is -0.345 e.